The Morgan fingerprint density at radius 1 is 1.62 bits per heavy atom. The molecule has 0 bridgehead atoms. The minimum Gasteiger partial charge on any atom is -0.353 e. The van der Waals surface area contributed by atoms with Gasteiger partial charge < -0.3 is 5.32 Å². The van der Waals surface area contributed by atoms with E-state index < -0.39 is 4.92 Å². The topological polar surface area (TPSA) is 90.1 Å². The van der Waals surface area contributed by atoms with Gasteiger partial charge in [0.15, 0.2) is 0 Å². The first-order chi connectivity index (χ1) is 10.1. The van der Waals surface area contributed by atoms with Crippen molar-refractivity contribution in [1.82, 2.24) is 15.1 Å². The molecule has 1 saturated carbocycles. The van der Waals surface area contributed by atoms with Gasteiger partial charge in [0.1, 0.15) is 12.4 Å². The second kappa shape index (κ2) is 7.44. The van der Waals surface area contributed by atoms with Gasteiger partial charge in [0, 0.05) is 24.3 Å². The van der Waals surface area contributed by atoms with Crippen LogP contribution in [0.4, 0.5) is 5.69 Å². The lowest BCUT2D eigenvalue weighted by atomic mass is 9.95. The van der Waals surface area contributed by atoms with Crippen molar-refractivity contribution in [2.24, 2.45) is 0 Å². The van der Waals surface area contributed by atoms with Gasteiger partial charge in [0.25, 0.3) is 0 Å². The molecule has 0 radical (unpaired) electrons. The fourth-order valence-electron chi connectivity index (χ4n) is 2.58. The molecule has 116 valence electrons. The molecule has 1 aliphatic rings. The van der Waals surface area contributed by atoms with Crippen molar-refractivity contribution in [2.75, 3.05) is 6.26 Å². The second-order valence-corrected chi connectivity index (χ2v) is 6.40. The quantitative estimate of drug-likeness (QED) is 0.640. The summed E-state index contributed by atoms with van der Waals surface area (Å²) in [6, 6.07) is 0.260. The lowest BCUT2D eigenvalue weighted by Crippen LogP contribution is -2.39. The van der Waals surface area contributed by atoms with E-state index in [1.54, 1.807) is 0 Å². The van der Waals surface area contributed by atoms with E-state index in [1.807, 2.05) is 11.8 Å². The maximum absolute atomic E-state index is 11.9. The zero-order valence-corrected chi connectivity index (χ0v) is 12.8. The van der Waals surface area contributed by atoms with Crippen molar-refractivity contribution < 1.29 is 9.72 Å². The second-order valence-electron chi connectivity index (χ2n) is 5.26. The zero-order valence-electron chi connectivity index (χ0n) is 12.0. The molecule has 0 unspecified atom stereocenters. The molecule has 0 aliphatic heterocycles. The Labute approximate surface area is 127 Å². The number of rotatable bonds is 6. The molecular formula is C13H20N4O3S. The number of thioether (sulfide) groups is 1. The third-order valence-corrected chi connectivity index (χ3v) is 4.82. The molecule has 1 aromatic rings. The van der Waals surface area contributed by atoms with E-state index in [9.17, 15) is 14.9 Å². The van der Waals surface area contributed by atoms with Crippen LogP contribution in [0.25, 0.3) is 0 Å². The number of carbonyl (C=O) groups is 1. The van der Waals surface area contributed by atoms with Gasteiger partial charge in [-0.25, -0.2) is 0 Å². The molecule has 7 nitrogen and oxygen atoms in total. The van der Waals surface area contributed by atoms with Crippen molar-refractivity contribution in [2.45, 2.75) is 49.9 Å². The summed E-state index contributed by atoms with van der Waals surface area (Å²) < 4.78 is 1.43. The monoisotopic (exact) mass is 312 g/mol. The number of carbonyl (C=O) groups excluding carboxylic acids is 1. The maximum Gasteiger partial charge on any atom is 0.306 e. The van der Waals surface area contributed by atoms with Crippen molar-refractivity contribution in [1.29, 1.82) is 0 Å². The number of amides is 1. The van der Waals surface area contributed by atoms with Crippen LogP contribution < -0.4 is 5.32 Å². The highest BCUT2D eigenvalue weighted by Crippen LogP contribution is 2.26. The summed E-state index contributed by atoms with van der Waals surface area (Å²) in [5.41, 5.74) is -0.0505. The summed E-state index contributed by atoms with van der Waals surface area (Å²) in [5.74, 6) is -0.0140. The smallest absolute Gasteiger partial charge is 0.306 e. The van der Waals surface area contributed by atoms with Crippen LogP contribution in [-0.2, 0) is 11.3 Å². The van der Waals surface area contributed by atoms with Crippen molar-refractivity contribution in [3.8, 4) is 0 Å². The number of aryl methyl sites for hydroxylation is 1. The van der Waals surface area contributed by atoms with E-state index in [0.717, 1.165) is 19.3 Å². The molecule has 2 atom stereocenters. The van der Waals surface area contributed by atoms with Gasteiger partial charge in [-0.15, -0.1) is 0 Å². The van der Waals surface area contributed by atoms with Gasteiger partial charge in [0.2, 0.25) is 5.91 Å². The van der Waals surface area contributed by atoms with Crippen molar-refractivity contribution >= 4 is 23.4 Å². The molecule has 1 N–H and O–H groups in total. The fraction of sp³-hybridized carbons (Fsp3) is 0.692. The first kappa shape index (κ1) is 15.8. The van der Waals surface area contributed by atoms with E-state index in [-0.39, 0.29) is 17.6 Å². The van der Waals surface area contributed by atoms with Crippen LogP contribution in [0, 0.1) is 10.1 Å². The predicted molar refractivity (Wildman–Crippen MR) is 81.2 cm³/mol. The molecule has 0 aromatic carbocycles. The average Bonchev–Trinajstić information content (AvgIpc) is 2.94. The summed E-state index contributed by atoms with van der Waals surface area (Å²) in [6.07, 6.45) is 9.39. The van der Waals surface area contributed by atoms with Crippen LogP contribution in [0.3, 0.4) is 0 Å². The molecule has 0 spiro atoms. The number of hydrogen-bond acceptors (Lipinski definition) is 5. The molecule has 1 aliphatic carbocycles. The first-order valence-corrected chi connectivity index (χ1v) is 8.36. The molecule has 1 aromatic heterocycles. The van der Waals surface area contributed by atoms with Crippen LogP contribution in [0.1, 0.15) is 32.1 Å². The minimum absolute atomic E-state index is 0.0140. The van der Waals surface area contributed by atoms with E-state index in [0.29, 0.717) is 18.2 Å². The third kappa shape index (κ3) is 4.73. The van der Waals surface area contributed by atoms with Crippen LogP contribution in [0.2, 0.25) is 0 Å². The molecule has 8 heteroatoms. The van der Waals surface area contributed by atoms with E-state index in [2.05, 4.69) is 16.7 Å². The number of nitrogens with one attached hydrogen (secondary N) is 1. The normalized spacial score (nSPS) is 22.0. The Bertz CT molecular complexity index is 505. The van der Waals surface area contributed by atoms with Crippen LogP contribution in [-0.4, -0.2) is 38.2 Å². The Balaban J connectivity index is 1.75. The van der Waals surface area contributed by atoms with E-state index >= 15 is 0 Å². The maximum atomic E-state index is 11.9. The number of aromatic nitrogens is 2. The van der Waals surface area contributed by atoms with E-state index in [1.165, 1.54) is 23.5 Å². The van der Waals surface area contributed by atoms with Crippen molar-refractivity contribution in [3.05, 3.63) is 22.5 Å². The van der Waals surface area contributed by atoms with Gasteiger partial charge in [-0.2, -0.15) is 16.9 Å². The van der Waals surface area contributed by atoms with Gasteiger partial charge in [0.05, 0.1) is 4.92 Å². The Hall–Kier alpha value is -1.57. The van der Waals surface area contributed by atoms with Crippen LogP contribution >= 0.6 is 11.8 Å². The standard InChI is InChI=1S/C13H20N4O3S/c1-21-12-4-2-3-10(7-12)15-13(18)5-6-16-9-11(8-14-16)17(19)20/h8-10,12H,2-7H2,1H3,(H,15,18)/t10-,12-/m1/s1. The molecule has 2 rings (SSSR count). The number of hydrogen-bond donors (Lipinski definition) is 1. The Morgan fingerprint density at radius 2 is 2.43 bits per heavy atom. The lowest BCUT2D eigenvalue weighted by Gasteiger charge is -2.28. The molecule has 1 amide bonds. The Kier molecular flexibility index (Phi) is 5.60. The molecule has 1 heterocycles. The van der Waals surface area contributed by atoms with Gasteiger partial charge >= 0.3 is 5.69 Å². The first-order valence-electron chi connectivity index (χ1n) is 7.07. The highest BCUT2D eigenvalue weighted by Gasteiger charge is 2.22. The minimum atomic E-state index is -0.492. The molecular weight excluding hydrogens is 292 g/mol. The highest BCUT2D eigenvalue weighted by molar-refractivity contribution is 7.99. The van der Waals surface area contributed by atoms with Crippen LogP contribution in [0.5, 0.6) is 0 Å². The summed E-state index contributed by atoms with van der Waals surface area (Å²) in [4.78, 5) is 22.0. The molecule has 0 saturated heterocycles. The van der Waals surface area contributed by atoms with Gasteiger partial charge in [-0.05, 0) is 25.5 Å². The lowest BCUT2D eigenvalue weighted by molar-refractivity contribution is -0.385. The van der Waals surface area contributed by atoms with Crippen molar-refractivity contribution in [3.63, 3.8) is 0 Å². The Morgan fingerprint density at radius 3 is 3.10 bits per heavy atom. The van der Waals surface area contributed by atoms with Gasteiger partial charge in [-0.1, -0.05) is 6.42 Å². The summed E-state index contributed by atoms with van der Waals surface area (Å²) >= 11 is 1.86. The predicted octanol–water partition coefficient (Wildman–Crippen LogP) is 1.97. The zero-order chi connectivity index (χ0) is 15.2. The molecule has 21 heavy (non-hydrogen) atoms. The average molecular weight is 312 g/mol. The summed E-state index contributed by atoms with van der Waals surface area (Å²) in [5, 5.41) is 18.1. The summed E-state index contributed by atoms with van der Waals surface area (Å²) in [6.45, 7) is 0.359. The highest BCUT2D eigenvalue weighted by atomic mass is 32.2. The van der Waals surface area contributed by atoms with Crippen LogP contribution in [0.15, 0.2) is 12.4 Å². The SMILES string of the molecule is CS[C@@H]1CCC[C@@H](NC(=O)CCn2cc([N+](=O)[O-])cn2)C1. The largest absolute Gasteiger partial charge is 0.353 e. The third-order valence-electron chi connectivity index (χ3n) is 3.72. The number of nitro groups is 1. The fourth-order valence-corrected chi connectivity index (χ4v) is 3.40. The van der Waals surface area contributed by atoms with Gasteiger partial charge in [-0.3, -0.25) is 19.6 Å². The number of nitrogens with zero attached hydrogens (tertiary/aromatic N) is 3. The van der Waals surface area contributed by atoms with E-state index in [4.69, 9.17) is 0 Å². The summed E-state index contributed by atoms with van der Waals surface area (Å²) in [7, 11) is 0. The molecule has 1 fully saturated rings.